The van der Waals surface area contributed by atoms with E-state index in [0.29, 0.717) is 22.6 Å². The number of halogens is 1. The fourth-order valence-corrected chi connectivity index (χ4v) is 5.49. The van der Waals surface area contributed by atoms with E-state index in [4.69, 9.17) is 4.74 Å². The molecule has 4 amide bonds. The van der Waals surface area contributed by atoms with Crippen molar-refractivity contribution >= 4 is 23.5 Å². The molecule has 4 N–H and O–H groups in total. The minimum Gasteiger partial charge on any atom is -0.496 e. The number of rotatable bonds is 9. The number of nitrogens with zero attached hydrogens (tertiary/aromatic N) is 1. The molecule has 11 heteroatoms. The molecule has 0 bridgehead atoms. The number of amides is 4. The number of aromatic nitrogens is 1. The molecule has 1 aliphatic rings. The van der Waals surface area contributed by atoms with E-state index in [1.54, 1.807) is 31.4 Å². The van der Waals surface area contributed by atoms with Gasteiger partial charge in [0.15, 0.2) is 0 Å². The van der Waals surface area contributed by atoms with Crippen LogP contribution in [0.5, 0.6) is 5.75 Å². The highest BCUT2D eigenvalue weighted by Crippen LogP contribution is 2.37. The van der Waals surface area contributed by atoms with Gasteiger partial charge >= 0.3 is 6.03 Å². The van der Waals surface area contributed by atoms with Crippen LogP contribution in [0.25, 0.3) is 22.3 Å². The second-order valence-corrected chi connectivity index (χ2v) is 10.9. The molecule has 2 heterocycles. The van der Waals surface area contributed by atoms with E-state index >= 15 is 4.39 Å². The molecule has 0 aliphatic carbocycles. The van der Waals surface area contributed by atoms with Crippen LogP contribution in [0.15, 0.2) is 71.7 Å². The summed E-state index contributed by atoms with van der Waals surface area (Å²) < 4.78 is 22.5. The molecular weight excluding hydrogens is 577 g/mol. The Morgan fingerprint density at radius 1 is 1.00 bits per heavy atom. The first-order chi connectivity index (χ1) is 21.6. The van der Waals surface area contributed by atoms with Gasteiger partial charge in [0.05, 0.1) is 13.0 Å². The predicted molar refractivity (Wildman–Crippen MR) is 170 cm³/mol. The number of imide groups is 1. The number of anilines is 1. The third-order valence-corrected chi connectivity index (χ3v) is 8.07. The van der Waals surface area contributed by atoms with E-state index in [1.807, 2.05) is 44.2 Å². The maximum Gasteiger partial charge on any atom is 0.321 e. The van der Waals surface area contributed by atoms with Crippen molar-refractivity contribution in [3.63, 3.8) is 0 Å². The van der Waals surface area contributed by atoms with E-state index < -0.39 is 23.7 Å². The normalized spacial score (nSPS) is 14.5. The molecule has 45 heavy (non-hydrogen) atoms. The molecule has 1 unspecified atom stereocenters. The van der Waals surface area contributed by atoms with Crippen LogP contribution in [-0.2, 0) is 18.4 Å². The van der Waals surface area contributed by atoms with Gasteiger partial charge in [-0.05, 0) is 77.6 Å². The number of carbonyl (C=O) groups excluding carboxylic acids is 3. The van der Waals surface area contributed by atoms with Gasteiger partial charge in [0.1, 0.15) is 17.1 Å². The summed E-state index contributed by atoms with van der Waals surface area (Å²) in [6.07, 6.45) is 1.59. The lowest BCUT2D eigenvalue weighted by Gasteiger charge is -2.22. The van der Waals surface area contributed by atoms with Crippen molar-refractivity contribution in [2.45, 2.75) is 20.4 Å². The Kier molecular flexibility index (Phi) is 9.10. The predicted octanol–water partition coefficient (Wildman–Crippen LogP) is 4.28. The zero-order valence-corrected chi connectivity index (χ0v) is 25.4. The maximum absolute atomic E-state index is 15.5. The SMILES string of the molecule is COc1cc(-c2cccc(-c3cccc(NC(=O)c4cccn(C)c4=O)c3C)c2C)cc(F)c1CNCC1CNC(=O)NC1=O. The molecule has 0 radical (unpaired) electrons. The van der Waals surface area contributed by atoms with E-state index in [9.17, 15) is 19.2 Å². The summed E-state index contributed by atoms with van der Waals surface area (Å²) in [4.78, 5) is 48.8. The fraction of sp³-hybridized carbons (Fsp3) is 0.235. The number of urea groups is 1. The lowest BCUT2D eigenvalue weighted by atomic mass is 9.90. The number of pyridine rings is 1. The van der Waals surface area contributed by atoms with Crippen molar-refractivity contribution in [3.8, 4) is 28.0 Å². The highest BCUT2D eigenvalue weighted by molar-refractivity contribution is 6.05. The monoisotopic (exact) mass is 611 g/mol. The standard InChI is InChI=1S/C34H34FN5O5/c1-19-23(21-14-28(35)27(30(15-21)45-4)18-36-16-22-17-37-34(44)39-31(22)41)8-5-9-24(19)25-10-6-12-29(20(25)2)38-32(42)26-11-7-13-40(3)33(26)43/h5-15,22,36H,16-18H2,1-4H3,(H,38,42)(H2,37,39,41,44). The Balaban J connectivity index is 1.40. The van der Waals surface area contributed by atoms with Gasteiger partial charge in [-0.1, -0.05) is 30.3 Å². The number of nitrogens with one attached hydrogen (secondary N) is 4. The first kappa shape index (κ1) is 31.1. The number of hydrogen-bond acceptors (Lipinski definition) is 6. The zero-order valence-electron chi connectivity index (χ0n) is 25.4. The largest absolute Gasteiger partial charge is 0.496 e. The number of ether oxygens (including phenoxy) is 1. The summed E-state index contributed by atoms with van der Waals surface area (Å²) in [5, 5.41) is 10.8. The molecule has 1 aromatic heterocycles. The van der Waals surface area contributed by atoms with Crippen LogP contribution in [0.4, 0.5) is 14.9 Å². The van der Waals surface area contributed by atoms with Crippen LogP contribution in [0, 0.1) is 25.6 Å². The summed E-state index contributed by atoms with van der Waals surface area (Å²) in [5.41, 5.74) is 5.49. The van der Waals surface area contributed by atoms with E-state index in [1.165, 1.54) is 23.8 Å². The van der Waals surface area contributed by atoms with E-state index in [2.05, 4.69) is 21.3 Å². The average molecular weight is 612 g/mol. The van der Waals surface area contributed by atoms with Crippen molar-refractivity contribution in [3.05, 3.63) is 105 Å². The number of aryl methyl sites for hydroxylation is 1. The van der Waals surface area contributed by atoms with Gasteiger partial charge < -0.3 is 25.3 Å². The van der Waals surface area contributed by atoms with Gasteiger partial charge in [-0.25, -0.2) is 9.18 Å². The molecule has 4 aromatic rings. The van der Waals surface area contributed by atoms with Crippen LogP contribution in [0.1, 0.15) is 27.0 Å². The van der Waals surface area contributed by atoms with Crippen LogP contribution in [0.2, 0.25) is 0 Å². The van der Waals surface area contributed by atoms with Crippen molar-refractivity contribution < 1.29 is 23.5 Å². The molecular formula is C34H34FN5O5. The van der Waals surface area contributed by atoms with Crippen molar-refractivity contribution in [2.75, 3.05) is 25.5 Å². The van der Waals surface area contributed by atoms with Crippen molar-refractivity contribution in [1.82, 2.24) is 20.5 Å². The lowest BCUT2D eigenvalue weighted by molar-refractivity contribution is -0.124. The summed E-state index contributed by atoms with van der Waals surface area (Å²) in [6.45, 7) is 4.43. The molecule has 0 saturated carbocycles. The summed E-state index contributed by atoms with van der Waals surface area (Å²) >= 11 is 0. The third-order valence-electron chi connectivity index (χ3n) is 8.07. The summed E-state index contributed by atoms with van der Waals surface area (Å²) in [5.74, 6) is -1.45. The van der Waals surface area contributed by atoms with Gasteiger partial charge in [-0.15, -0.1) is 0 Å². The summed E-state index contributed by atoms with van der Waals surface area (Å²) in [6, 6.07) is 17.2. The van der Waals surface area contributed by atoms with Gasteiger partial charge in [0.25, 0.3) is 11.5 Å². The minimum absolute atomic E-state index is 0.0468. The first-order valence-electron chi connectivity index (χ1n) is 14.4. The minimum atomic E-state index is -0.523. The molecule has 3 aromatic carbocycles. The molecule has 232 valence electrons. The first-order valence-corrected chi connectivity index (χ1v) is 14.4. The lowest BCUT2D eigenvalue weighted by Crippen LogP contribution is -2.54. The molecule has 5 rings (SSSR count). The van der Waals surface area contributed by atoms with Crippen LogP contribution in [-0.4, -0.2) is 42.6 Å². The van der Waals surface area contributed by atoms with Crippen LogP contribution >= 0.6 is 0 Å². The van der Waals surface area contributed by atoms with Crippen LogP contribution in [0.3, 0.4) is 0 Å². The van der Waals surface area contributed by atoms with Gasteiger partial charge in [-0.3, -0.25) is 19.7 Å². The molecule has 10 nitrogen and oxygen atoms in total. The van der Waals surface area contributed by atoms with Gasteiger partial charge in [0, 0.05) is 44.1 Å². The molecule has 1 fully saturated rings. The Hall–Kier alpha value is -5.29. The second-order valence-electron chi connectivity index (χ2n) is 10.9. The molecule has 1 saturated heterocycles. The Morgan fingerprint density at radius 2 is 1.71 bits per heavy atom. The average Bonchev–Trinajstić information content (AvgIpc) is 3.01. The zero-order chi connectivity index (χ0) is 32.2. The number of carbonyl (C=O) groups is 3. The highest BCUT2D eigenvalue weighted by Gasteiger charge is 2.26. The quantitative estimate of drug-likeness (QED) is 0.224. The second kappa shape index (κ2) is 13.1. The topological polar surface area (TPSA) is 131 Å². The Bertz CT molecular complexity index is 1870. The smallest absolute Gasteiger partial charge is 0.321 e. The van der Waals surface area contributed by atoms with Crippen molar-refractivity contribution in [1.29, 1.82) is 0 Å². The number of hydrogen-bond donors (Lipinski definition) is 4. The van der Waals surface area contributed by atoms with E-state index in [0.717, 1.165) is 27.8 Å². The molecule has 1 aliphatic heterocycles. The highest BCUT2D eigenvalue weighted by atomic mass is 19.1. The Morgan fingerprint density at radius 3 is 2.44 bits per heavy atom. The maximum atomic E-state index is 15.5. The third kappa shape index (κ3) is 6.48. The number of methoxy groups -OCH3 is 1. The van der Waals surface area contributed by atoms with Crippen molar-refractivity contribution in [2.24, 2.45) is 13.0 Å². The van der Waals surface area contributed by atoms with Crippen LogP contribution < -0.4 is 31.6 Å². The fourth-order valence-electron chi connectivity index (χ4n) is 5.49. The molecule has 0 spiro atoms. The Labute approximate surface area is 259 Å². The summed E-state index contributed by atoms with van der Waals surface area (Å²) in [7, 11) is 3.07. The number of benzene rings is 3. The van der Waals surface area contributed by atoms with Gasteiger partial charge in [0.2, 0.25) is 5.91 Å². The van der Waals surface area contributed by atoms with E-state index in [-0.39, 0.29) is 36.7 Å². The van der Waals surface area contributed by atoms with Gasteiger partial charge in [-0.2, -0.15) is 0 Å². The molecule has 1 atom stereocenters.